The van der Waals surface area contributed by atoms with E-state index in [4.69, 9.17) is 5.11 Å². The Labute approximate surface area is 71.6 Å². The summed E-state index contributed by atoms with van der Waals surface area (Å²) in [5.74, 6) is -5.80. The van der Waals surface area contributed by atoms with Crippen molar-refractivity contribution >= 4 is 0 Å². The lowest BCUT2D eigenvalue weighted by Gasteiger charge is -2.13. The topological polar surface area (TPSA) is 20.2 Å². The molecule has 0 aromatic heterocycles. The molecule has 72 valence electrons. The first-order chi connectivity index (χ1) is 5.95. The van der Waals surface area contributed by atoms with Crippen LogP contribution in [0.4, 0.5) is 17.6 Å². The van der Waals surface area contributed by atoms with Gasteiger partial charge in [-0.15, -0.1) is 0 Å². The fourth-order valence-electron chi connectivity index (χ4n) is 0.856. The number of hydrogen-bond acceptors (Lipinski definition) is 1. The van der Waals surface area contributed by atoms with E-state index in [1.54, 1.807) is 0 Å². The van der Waals surface area contributed by atoms with Crippen molar-refractivity contribution in [3.63, 3.8) is 0 Å². The first kappa shape index (κ1) is 9.98. The van der Waals surface area contributed by atoms with Crippen LogP contribution in [-0.2, 0) is 5.92 Å². The van der Waals surface area contributed by atoms with Crippen LogP contribution in [0.3, 0.4) is 0 Å². The van der Waals surface area contributed by atoms with Gasteiger partial charge in [0.05, 0.1) is 0 Å². The van der Waals surface area contributed by atoms with Gasteiger partial charge in [-0.3, -0.25) is 0 Å². The first-order valence-corrected chi connectivity index (χ1v) is 3.41. The number of aliphatic hydroxyl groups is 1. The molecule has 13 heavy (non-hydrogen) atoms. The smallest absolute Gasteiger partial charge is 0.295 e. The van der Waals surface area contributed by atoms with Gasteiger partial charge in [0.15, 0.2) is 0 Å². The second-order valence-corrected chi connectivity index (χ2v) is 2.52. The highest BCUT2D eigenvalue weighted by molar-refractivity contribution is 5.22. The molecule has 0 aliphatic rings. The van der Waals surface area contributed by atoms with Crippen molar-refractivity contribution in [3.8, 4) is 0 Å². The number of halogens is 4. The Hall–Kier alpha value is -1.10. The fraction of sp³-hybridized carbons (Fsp3) is 0.250. The molecular weight excluding hydrogens is 188 g/mol. The zero-order valence-electron chi connectivity index (χ0n) is 6.40. The zero-order valence-corrected chi connectivity index (χ0v) is 6.40. The highest BCUT2D eigenvalue weighted by atomic mass is 19.3. The van der Waals surface area contributed by atoms with Crippen LogP contribution in [0.25, 0.3) is 0 Å². The van der Waals surface area contributed by atoms with E-state index in [-0.39, 0.29) is 0 Å². The van der Waals surface area contributed by atoms with Gasteiger partial charge in [0.25, 0.3) is 5.92 Å². The third-order valence-electron chi connectivity index (χ3n) is 1.48. The summed E-state index contributed by atoms with van der Waals surface area (Å²) < 4.78 is 50.2. The summed E-state index contributed by atoms with van der Waals surface area (Å²) in [7, 11) is 0. The van der Waals surface area contributed by atoms with Crippen LogP contribution < -0.4 is 0 Å². The Morgan fingerprint density at radius 3 is 1.92 bits per heavy atom. The van der Waals surface area contributed by atoms with E-state index >= 15 is 0 Å². The highest BCUT2D eigenvalue weighted by Gasteiger charge is 2.31. The Bertz CT molecular complexity index is 291. The van der Waals surface area contributed by atoms with E-state index in [2.05, 4.69) is 0 Å². The van der Waals surface area contributed by atoms with E-state index < -0.39 is 29.7 Å². The number of rotatable bonds is 2. The largest absolute Gasteiger partial charge is 0.390 e. The molecule has 0 amide bonds. The summed E-state index contributed by atoms with van der Waals surface area (Å²) in [4.78, 5) is 0. The van der Waals surface area contributed by atoms with Crippen LogP contribution >= 0.6 is 0 Å². The van der Waals surface area contributed by atoms with Crippen molar-refractivity contribution in [1.29, 1.82) is 0 Å². The average Bonchev–Trinajstić information content (AvgIpc) is 2.02. The van der Waals surface area contributed by atoms with Crippen LogP contribution in [0.1, 0.15) is 5.56 Å². The quantitative estimate of drug-likeness (QED) is 0.714. The molecule has 0 aliphatic heterocycles. The number of benzene rings is 1. The van der Waals surface area contributed by atoms with E-state index in [0.29, 0.717) is 18.2 Å². The normalized spacial score (nSPS) is 11.8. The van der Waals surface area contributed by atoms with Gasteiger partial charge in [-0.2, -0.15) is 8.78 Å². The summed E-state index contributed by atoms with van der Waals surface area (Å²) in [6, 6.07) is 1.45. The van der Waals surface area contributed by atoms with Crippen LogP contribution in [0.2, 0.25) is 0 Å². The standard InChI is InChI=1S/C8H6F4O/c9-6-1-5(2-7(10)3-6)8(11,12)4-13/h1-3,13H,4H2. The summed E-state index contributed by atoms with van der Waals surface area (Å²) in [6.07, 6.45) is 0. The molecule has 1 N–H and O–H groups in total. The molecule has 1 rings (SSSR count). The van der Waals surface area contributed by atoms with Crippen molar-refractivity contribution in [1.82, 2.24) is 0 Å². The summed E-state index contributed by atoms with van der Waals surface area (Å²) in [6.45, 7) is -1.48. The molecule has 0 saturated carbocycles. The zero-order chi connectivity index (χ0) is 10.1. The van der Waals surface area contributed by atoms with E-state index in [1.807, 2.05) is 0 Å². The highest BCUT2D eigenvalue weighted by Crippen LogP contribution is 2.28. The van der Waals surface area contributed by atoms with Gasteiger partial charge in [-0.25, -0.2) is 8.78 Å². The molecule has 5 heteroatoms. The Kier molecular flexibility index (Phi) is 2.56. The third kappa shape index (κ3) is 2.18. The van der Waals surface area contributed by atoms with Gasteiger partial charge in [0.2, 0.25) is 0 Å². The minimum Gasteiger partial charge on any atom is -0.390 e. The lowest BCUT2D eigenvalue weighted by molar-refractivity contribution is -0.0560. The SMILES string of the molecule is OCC(F)(F)c1cc(F)cc(F)c1. The van der Waals surface area contributed by atoms with Crippen molar-refractivity contribution in [3.05, 3.63) is 35.4 Å². The maximum Gasteiger partial charge on any atom is 0.295 e. The molecule has 0 spiro atoms. The maximum absolute atomic E-state index is 12.7. The molecule has 0 unspecified atom stereocenters. The molecule has 1 aromatic rings. The van der Waals surface area contributed by atoms with Crippen LogP contribution in [0, 0.1) is 11.6 Å². The Balaban J connectivity index is 3.15. The third-order valence-corrected chi connectivity index (χ3v) is 1.48. The predicted octanol–water partition coefficient (Wildman–Crippen LogP) is 2.05. The summed E-state index contributed by atoms with van der Waals surface area (Å²) in [5.41, 5.74) is -0.868. The van der Waals surface area contributed by atoms with Gasteiger partial charge >= 0.3 is 0 Å². The van der Waals surface area contributed by atoms with Gasteiger partial charge in [-0.1, -0.05) is 0 Å². The van der Waals surface area contributed by atoms with Gasteiger partial charge in [-0.05, 0) is 12.1 Å². The molecule has 1 aromatic carbocycles. The fourth-order valence-corrected chi connectivity index (χ4v) is 0.856. The molecule has 1 nitrogen and oxygen atoms in total. The Morgan fingerprint density at radius 1 is 1.08 bits per heavy atom. The van der Waals surface area contributed by atoms with Crippen LogP contribution in [0.15, 0.2) is 18.2 Å². The van der Waals surface area contributed by atoms with Crippen molar-refractivity contribution in [2.24, 2.45) is 0 Å². The first-order valence-electron chi connectivity index (χ1n) is 3.41. The van der Waals surface area contributed by atoms with E-state index in [0.717, 1.165) is 0 Å². The second-order valence-electron chi connectivity index (χ2n) is 2.52. The van der Waals surface area contributed by atoms with Gasteiger partial charge in [0.1, 0.15) is 18.2 Å². The molecule has 0 radical (unpaired) electrons. The molecule has 0 aliphatic carbocycles. The lowest BCUT2D eigenvalue weighted by Crippen LogP contribution is -2.18. The predicted molar refractivity (Wildman–Crippen MR) is 37.3 cm³/mol. The van der Waals surface area contributed by atoms with Crippen LogP contribution in [0.5, 0.6) is 0 Å². The van der Waals surface area contributed by atoms with E-state index in [1.165, 1.54) is 0 Å². The maximum atomic E-state index is 12.7. The molecule has 0 bridgehead atoms. The van der Waals surface area contributed by atoms with Crippen molar-refractivity contribution in [2.45, 2.75) is 5.92 Å². The second kappa shape index (κ2) is 3.33. The van der Waals surface area contributed by atoms with Crippen molar-refractivity contribution in [2.75, 3.05) is 6.61 Å². The monoisotopic (exact) mass is 194 g/mol. The minimum atomic E-state index is -3.61. The van der Waals surface area contributed by atoms with Gasteiger partial charge in [0, 0.05) is 11.6 Å². The molecule has 0 saturated heterocycles. The average molecular weight is 194 g/mol. The van der Waals surface area contributed by atoms with Gasteiger partial charge < -0.3 is 5.11 Å². The molecular formula is C8H6F4O. The van der Waals surface area contributed by atoms with Crippen molar-refractivity contribution < 1.29 is 22.7 Å². The molecule has 0 fully saturated rings. The molecule has 0 heterocycles. The summed E-state index contributed by atoms with van der Waals surface area (Å²) >= 11 is 0. The summed E-state index contributed by atoms with van der Waals surface area (Å²) in [5, 5.41) is 8.23. The molecule has 0 atom stereocenters. The lowest BCUT2D eigenvalue weighted by atomic mass is 10.1. The number of aliphatic hydroxyl groups excluding tert-OH is 1. The minimum absolute atomic E-state index is 0.483. The number of alkyl halides is 2. The Morgan fingerprint density at radius 2 is 1.54 bits per heavy atom. The number of hydrogen-bond donors (Lipinski definition) is 1. The van der Waals surface area contributed by atoms with E-state index in [9.17, 15) is 17.6 Å². The van der Waals surface area contributed by atoms with Crippen LogP contribution in [-0.4, -0.2) is 11.7 Å².